The third kappa shape index (κ3) is 3.01. The van der Waals surface area contributed by atoms with E-state index in [9.17, 15) is 4.79 Å². The molecule has 98 valence electrons. The van der Waals surface area contributed by atoms with Crippen molar-refractivity contribution in [2.24, 2.45) is 17.8 Å². The van der Waals surface area contributed by atoms with E-state index >= 15 is 0 Å². The zero-order chi connectivity index (χ0) is 12.3. The summed E-state index contributed by atoms with van der Waals surface area (Å²) in [6.07, 6.45) is 7.67. The van der Waals surface area contributed by atoms with Gasteiger partial charge < -0.3 is 9.64 Å². The van der Waals surface area contributed by atoms with Crippen molar-refractivity contribution in [1.29, 1.82) is 0 Å². The van der Waals surface area contributed by atoms with Crippen molar-refractivity contribution in [3.63, 3.8) is 0 Å². The molecule has 1 saturated carbocycles. The van der Waals surface area contributed by atoms with Gasteiger partial charge in [0.1, 0.15) is 0 Å². The highest BCUT2D eigenvalue weighted by Gasteiger charge is 2.38. The summed E-state index contributed by atoms with van der Waals surface area (Å²) in [7, 11) is 3.70. The molecule has 2 aliphatic rings. The average molecular weight is 239 g/mol. The van der Waals surface area contributed by atoms with Crippen LogP contribution in [0.3, 0.4) is 0 Å². The maximum Gasteiger partial charge on any atom is 0.309 e. The molecule has 0 aromatic rings. The monoisotopic (exact) mass is 239 g/mol. The van der Waals surface area contributed by atoms with Gasteiger partial charge in [-0.25, -0.2) is 0 Å². The number of carbonyl (C=O) groups is 1. The minimum Gasteiger partial charge on any atom is -0.469 e. The molecule has 0 bridgehead atoms. The summed E-state index contributed by atoms with van der Waals surface area (Å²) in [5.41, 5.74) is 0. The molecule has 0 amide bonds. The minimum atomic E-state index is 0.0219. The van der Waals surface area contributed by atoms with Crippen molar-refractivity contribution in [1.82, 2.24) is 4.90 Å². The normalized spacial score (nSPS) is 32.4. The topological polar surface area (TPSA) is 29.5 Å². The van der Waals surface area contributed by atoms with E-state index in [2.05, 4.69) is 11.9 Å². The van der Waals surface area contributed by atoms with E-state index < -0.39 is 0 Å². The Labute approximate surface area is 105 Å². The Kier molecular flexibility index (Phi) is 4.43. The van der Waals surface area contributed by atoms with E-state index in [0.717, 1.165) is 25.4 Å². The molecule has 1 aliphatic carbocycles. The molecule has 2 fully saturated rings. The molecular weight excluding hydrogens is 214 g/mol. The minimum absolute atomic E-state index is 0.0219. The van der Waals surface area contributed by atoms with Gasteiger partial charge in [0.15, 0.2) is 0 Å². The molecule has 0 aromatic carbocycles. The van der Waals surface area contributed by atoms with Gasteiger partial charge in [0, 0.05) is 6.54 Å². The fourth-order valence-electron chi connectivity index (χ4n) is 3.64. The number of hydrogen-bond acceptors (Lipinski definition) is 3. The Morgan fingerprint density at radius 1 is 1.18 bits per heavy atom. The number of nitrogens with zero attached hydrogens (tertiary/aromatic N) is 1. The van der Waals surface area contributed by atoms with Gasteiger partial charge in [-0.15, -0.1) is 0 Å². The van der Waals surface area contributed by atoms with Gasteiger partial charge in [0.2, 0.25) is 0 Å². The van der Waals surface area contributed by atoms with Crippen LogP contribution in [0.4, 0.5) is 0 Å². The van der Waals surface area contributed by atoms with Crippen LogP contribution in [0.1, 0.15) is 38.5 Å². The lowest BCUT2D eigenvalue weighted by atomic mass is 9.71. The molecule has 0 aromatic heterocycles. The highest BCUT2D eigenvalue weighted by atomic mass is 16.5. The molecule has 17 heavy (non-hydrogen) atoms. The predicted octanol–water partition coefficient (Wildman–Crippen LogP) is 2.31. The molecule has 3 heteroatoms. The lowest BCUT2D eigenvalue weighted by Crippen LogP contribution is -2.45. The lowest BCUT2D eigenvalue weighted by molar-refractivity contribution is -0.150. The summed E-state index contributed by atoms with van der Waals surface area (Å²) in [5.74, 6) is 1.45. The fourth-order valence-corrected chi connectivity index (χ4v) is 3.64. The van der Waals surface area contributed by atoms with Crippen LogP contribution in [0.15, 0.2) is 0 Å². The summed E-state index contributed by atoms with van der Waals surface area (Å²) in [6, 6.07) is 0. The number of esters is 1. The number of carbonyl (C=O) groups excluding carboxylic acids is 1. The largest absolute Gasteiger partial charge is 0.469 e. The van der Waals surface area contributed by atoms with Crippen LogP contribution < -0.4 is 0 Å². The summed E-state index contributed by atoms with van der Waals surface area (Å²) in [5, 5.41) is 0. The van der Waals surface area contributed by atoms with Gasteiger partial charge >= 0.3 is 5.97 Å². The fraction of sp³-hybridized carbons (Fsp3) is 0.929. The Morgan fingerprint density at radius 2 is 1.88 bits per heavy atom. The molecule has 1 saturated heterocycles. The summed E-state index contributed by atoms with van der Waals surface area (Å²) in [6.45, 7) is 2.10. The van der Waals surface area contributed by atoms with Crippen LogP contribution >= 0.6 is 0 Å². The van der Waals surface area contributed by atoms with Crippen molar-refractivity contribution < 1.29 is 9.53 Å². The molecule has 2 unspecified atom stereocenters. The van der Waals surface area contributed by atoms with E-state index in [-0.39, 0.29) is 11.9 Å². The van der Waals surface area contributed by atoms with E-state index in [1.807, 2.05) is 0 Å². The highest BCUT2D eigenvalue weighted by Crippen LogP contribution is 2.38. The summed E-state index contributed by atoms with van der Waals surface area (Å²) >= 11 is 0. The number of methoxy groups -OCH3 is 1. The zero-order valence-corrected chi connectivity index (χ0v) is 11.2. The first-order valence-corrected chi connectivity index (χ1v) is 6.98. The Balaban J connectivity index is 2.04. The second-order valence-electron chi connectivity index (χ2n) is 5.74. The molecule has 3 nitrogen and oxygen atoms in total. The van der Waals surface area contributed by atoms with Crippen molar-refractivity contribution in [2.45, 2.75) is 38.5 Å². The van der Waals surface area contributed by atoms with Crippen molar-refractivity contribution in [3.05, 3.63) is 0 Å². The maximum atomic E-state index is 11.9. The Hall–Kier alpha value is -0.570. The first-order chi connectivity index (χ1) is 8.22. The number of rotatable bonds is 2. The van der Waals surface area contributed by atoms with Gasteiger partial charge in [0.25, 0.3) is 0 Å². The van der Waals surface area contributed by atoms with Crippen LogP contribution in [0, 0.1) is 17.8 Å². The van der Waals surface area contributed by atoms with E-state index in [4.69, 9.17) is 4.74 Å². The SMILES string of the molecule is COC(=O)C1CCN(C)CC1C1CCCCC1. The van der Waals surface area contributed by atoms with E-state index in [1.54, 1.807) is 0 Å². The molecule has 1 aliphatic heterocycles. The average Bonchev–Trinajstić information content (AvgIpc) is 2.39. The van der Waals surface area contributed by atoms with Crippen molar-refractivity contribution >= 4 is 5.97 Å². The molecule has 2 atom stereocenters. The van der Waals surface area contributed by atoms with Gasteiger partial charge in [-0.1, -0.05) is 32.1 Å². The molecule has 0 spiro atoms. The van der Waals surface area contributed by atoms with Crippen molar-refractivity contribution in [3.8, 4) is 0 Å². The second-order valence-corrected chi connectivity index (χ2v) is 5.74. The predicted molar refractivity (Wildman–Crippen MR) is 67.7 cm³/mol. The molecular formula is C14H25NO2. The van der Waals surface area contributed by atoms with Crippen LogP contribution in [0.25, 0.3) is 0 Å². The van der Waals surface area contributed by atoms with Crippen LogP contribution in [-0.4, -0.2) is 38.1 Å². The number of hydrogen-bond donors (Lipinski definition) is 0. The molecule has 1 heterocycles. The van der Waals surface area contributed by atoms with Gasteiger partial charge in [-0.2, -0.15) is 0 Å². The van der Waals surface area contributed by atoms with Gasteiger partial charge in [0.05, 0.1) is 13.0 Å². The lowest BCUT2D eigenvalue weighted by Gasteiger charge is -2.41. The number of ether oxygens (including phenoxy) is 1. The first-order valence-electron chi connectivity index (χ1n) is 6.98. The molecule has 2 rings (SSSR count). The Morgan fingerprint density at radius 3 is 2.53 bits per heavy atom. The van der Waals surface area contributed by atoms with Crippen LogP contribution in [-0.2, 0) is 9.53 Å². The number of likely N-dealkylation sites (tertiary alicyclic amines) is 1. The summed E-state index contributed by atoms with van der Waals surface area (Å²) in [4.78, 5) is 14.3. The maximum absolute atomic E-state index is 11.9. The van der Waals surface area contributed by atoms with Crippen molar-refractivity contribution in [2.75, 3.05) is 27.2 Å². The molecule has 0 N–H and O–H groups in total. The highest BCUT2D eigenvalue weighted by molar-refractivity contribution is 5.72. The smallest absolute Gasteiger partial charge is 0.309 e. The van der Waals surface area contributed by atoms with E-state index in [0.29, 0.717) is 5.92 Å². The first kappa shape index (κ1) is 12.9. The van der Waals surface area contributed by atoms with Gasteiger partial charge in [-0.3, -0.25) is 4.79 Å². The second kappa shape index (κ2) is 5.85. The standard InChI is InChI=1S/C14H25NO2/c1-15-9-8-12(14(16)17-2)13(10-15)11-6-4-3-5-7-11/h11-13H,3-10H2,1-2H3. The third-order valence-corrected chi connectivity index (χ3v) is 4.62. The quantitative estimate of drug-likeness (QED) is 0.693. The zero-order valence-electron chi connectivity index (χ0n) is 11.2. The van der Waals surface area contributed by atoms with E-state index in [1.165, 1.54) is 39.2 Å². The van der Waals surface area contributed by atoms with Gasteiger partial charge in [-0.05, 0) is 31.8 Å². The number of piperidine rings is 1. The van der Waals surface area contributed by atoms with Crippen LogP contribution in [0.5, 0.6) is 0 Å². The Bertz CT molecular complexity index is 261. The van der Waals surface area contributed by atoms with Crippen LogP contribution in [0.2, 0.25) is 0 Å². The summed E-state index contributed by atoms with van der Waals surface area (Å²) < 4.78 is 4.99. The third-order valence-electron chi connectivity index (χ3n) is 4.62. The molecule has 0 radical (unpaired) electrons.